The van der Waals surface area contributed by atoms with Crippen molar-refractivity contribution in [3.05, 3.63) is 47.4 Å². The van der Waals surface area contributed by atoms with Crippen molar-refractivity contribution >= 4 is 5.91 Å². The molecular weight excluding hydrogens is 287 g/mol. The smallest absolute Gasteiger partial charge is 0.251 e. The second kappa shape index (κ2) is 5.84. The van der Waals surface area contributed by atoms with Crippen molar-refractivity contribution in [3.8, 4) is 0 Å². The molecule has 0 unspecified atom stereocenters. The van der Waals surface area contributed by atoms with Crippen molar-refractivity contribution in [1.29, 1.82) is 0 Å². The minimum atomic E-state index is -0.357. The molecule has 3 rings (SSSR count). The molecule has 2 heterocycles. The fraction of sp³-hybridized carbons (Fsp3) is 0.400. The predicted molar refractivity (Wildman–Crippen MR) is 76.7 cm³/mol. The highest BCUT2D eigenvalue weighted by Crippen LogP contribution is 2.29. The SMILES string of the molecule is Cc1noc([C@@H]2C[C@H](NC(=O)c3ccc(F)cc3)CN2C)n1. The van der Waals surface area contributed by atoms with E-state index in [4.69, 9.17) is 4.52 Å². The lowest BCUT2D eigenvalue weighted by Crippen LogP contribution is -2.36. The lowest BCUT2D eigenvalue weighted by atomic mass is 10.1. The highest BCUT2D eigenvalue weighted by atomic mass is 19.1. The van der Waals surface area contributed by atoms with E-state index in [0.717, 1.165) is 0 Å². The van der Waals surface area contributed by atoms with E-state index in [1.807, 2.05) is 7.05 Å². The van der Waals surface area contributed by atoms with Gasteiger partial charge in [0.25, 0.3) is 5.91 Å². The second-order valence-electron chi connectivity index (χ2n) is 5.55. The summed E-state index contributed by atoms with van der Waals surface area (Å²) in [7, 11) is 1.95. The Kier molecular flexibility index (Phi) is 3.89. The lowest BCUT2D eigenvalue weighted by molar-refractivity contribution is 0.0938. The molecule has 0 radical (unpaired) electrons. The number of aryl methyl sites for hydroxylation is 1. The Morgan fingerprint density at radius 3 is 2.77 bits per heavy atom. The molecule has 2 atom stereocenters. The molecule has 0 aliphatic carbocycles. The standard InChI is InChI=1S/C15H17FN4O2/c1-9-17-15(22-19-9)13-7-12(8-20(13)2)18-14(21)10-3-5-11(16)6-4-10/h3-6,12-13H,7-8H2,1-2H3,(H,18,21)/t12-,13-/m0/s1. The number of likely N-dealkylation sites (tertiary alicyclic amines) is 1. The van der Waals surface area contributed by atoms with E-state index in [0.29, 0.717) is 30.2 Å². The van der Waals surface area contributed by atoms with Crippen LogP contribution in [0.4, 0.5) is 4.39 Å². The predicted octanol–water partition coefficient (Wildman–Crippen LogP) is 1.69. The molecule has 1 amide bonds. The summed E-state index contributed by atoms with van der Waals surface area (Å²) in [6, 6.07) is 5.49. The zero-order valence-corrected chi connectivity index (χ0v) is 12.4. The van der Waals surface area contributed by atoms with E-state index >= 15 is 0 Å². The second-order valence-corrected chi connectivity index (χ2v) is 5.55. The number of rotatable bonds is 3. The third-order valence-corrected chi connectivity index (χ3v) is 3.82. The molecule has 1 fully saturated rings. The van der Waals surface area contributed by atoms with E-state index in [1.54, 1.807) is 6.92 Å². The Bertz CT molecular complexity index is 670. The number of halogens is 1. The van der Waals surface area contributed by atoms with Gasteiger partial charge in [-0.1, -0.05) is 5.16 Å². The first-order valence-electron chi connectivity index (χ1n) is 7.10. The van der Waals surface area contributed by atoms with Crippen LogP contribution >= 0.6 is 0 Å². The van der Waals surface area contributed by atoms with E-state index in [1.165, 1.54) is 24.3 Å². The summed E-state index contributed by atoms with van der Waals surface area (Å²) in [6.45, 7) is 2.47. The number of likely N-dealkylation sites (N-methyl/N-ethyl adjacent to an activating group) is 1. The Morgan fingerprint density at radius 2 is 2.14 bits per heavy atom. The topological polar surface area (TPSA) is 71.3 Å². The number of aromatic nitrogens is 2. The van der Waals surface area contributed by atoms with E-state index in [2.05, 4.69) is 20.4 Å². The van der Waals surface area contributed by atoms with Gasteiger partial charge in [0, 0.05) is 18.2 Å². The number of nitrogens with zero attached hydrogens (tertiary/aromatic N) is 3. The lowest BCUT2D eigenvalue weighted by Gasteiger charge is -2.14. The van der Waals surface area contributed by atoms with Crippen LogP contribution in [0.5, 0.6) is 0 Å². The molecule has 1 aromatic heterocycles. The van der Waals surface area contributed by atoms with Crippen molar-refractivity contribution in [2.45, 2.75) is 25.4 Å². The molecule has 2 aromatic rings. The zero-order chi connectivity index (χ0) is 15.7. The van der Waals surface area contributed by atoms with Crippen LogP contribution in [0.25, 0.3) is 0 Å². The quantitative estimate of drug-likeness (QED) is 0.934. The maximum Gasteiger partial charge on any atom is 0.251 e. The molecule has 1 saturated heterocycles. The molecular formula is C15H17FN4O2. The Labute approximate surface area is 127 Å². The number of carbonyl (C=O) groups excluding carboxylic acids is 1. The average Bonchev–Trinajstić information content (AvgIpc) is 3.05. The summed E-state index contributed by atoms with van der Waals surface area (Å²) in [5, 5.41) is 6.76. The minimum Gasteiger partial charge on any atom is -0.348 e. The summed E-state index contributed by atoms with van der Waals surface area (Å²) in [5.41, 5.74) is 0.445. The highest BCUT2D eigenvalue weighted by Gasteiger charge is 2.35. The first-order valence-corrected chi connectivity index (χ1v) is 7.10. The van der Waals surface area contributed by atoms with Crippen molar-refractivity contribution in [2.75, 3.05) is 13.6 Å². The number of benzene rings is 1. The summed E-state index contributed by atoms with van der Waals surface area (Å²) in [4.78, 5) is 18.5. The number of nitrogens with one attached hydrogen (secondary N) is 1. The highest BCUT2D eigenvalue weighted by molar-refractivity contribution is 5.94. The Morgan fingerprint density at radius 1 is 1.41 bits per heavy atom. The van der Waals surface area contributed by atoms with Crippen molar-refractivity contribution in [3.63, 3.8) is 0 Å². The van der Waals surface area contributed by atoms with Gasteiger partial charge in [0.2, 0.25) is 5.89 Å². The summed E-state index contributed by atoms with van der Waals surface area (Å²) < 4.78 is 18.1. The third-order valence-electron chi connectivity index (χ3n) is 3.82. The van der Waals surface area contributed by atoms with E-state index in [-0.39, 0.29) is 23.8 Å². The molecule has 1 aliphatic heterocycles. The molecule has 1 N–H and O–H groups in total. The van der Waals surface area contributed by atoms with Gasteiger partial charge in [-0.3, -0.25) is 9.69 Å². The first-order chi connectivity index (χ1) is 10.5. The summed E-state index contributed by atoms with van der Waals surface area (Å²) in [5.74, 6) is 0.602. The molecule has 0 saturated carbocycles. The van der Waals surface area contributed by atoms with E-state index in [9.17, 15) is 9.18 Å². The van der Waals surface area contributed by atoms with Gasteiger partial charge >= 0.3 is 0 Å². The van der Waals surface area contributed by atoms with Crippen LogP contribution in [-0.4, -0.2) is 40.6 Å². The number of hydrogen-bond donors (Lipinski definition) is 1. The summed E-state index contributed by atoms with van der Waals surface area (Å²) in [6.07, 6.45) is 0.699. The van der Waals surface area contributed by atoms with Crippen molar-refractivity contribution in [2.24, 2.45) is 0 Å². The van der Waals surface area contributed by atoms with Crippen molar-refractivity contribution < 1.29 is 13.7 Å². The van der Waals surface area contributed by atoms with Crippen LogP contribution < -0.4 is 5.32 Å². The van der Waals surface area contributed by atoms with Crippen LogP contribution in [0.1, 0.15) is 34.5 Å². The van der Waals surface area contributed by atoms with Gasteiger partial charge in [0.1, 0.15) is 5.82 Å². The molecule has 7 heteroatoms. The monoisotopic (exact) mass is 304 g/mol. The molecule has 0 spiro atoms. The van der Waals surface area contributed by atoms with Gasteiger partial charge in [0.15, 0.2) is 5.82 Å². The maximum atomic E-state index is 12.9. The van der Waals surface area contributed by atoms with Gasteiger partial charge in [-0.05, 0) is 44.7 Å². The minimum absolute atomic E-state index is 0.000261. The number of hydrogen-bond acceptors (Lipinski definition) is 5. The number of amides is 1. The molecule has 116 valence electrons. The van der Waals surface area contributed by atoms with E-state index < -0.39 is 0 Å². The molecule has 1 aliphatic rings. The van der Waals surface area contributed by atoms with Gasteiger partial charge in [0.05, 0.1) is 6.04 Å². The largest absolute Gasteiger partial charge is 0.348 e. The molecule has 1 aromatic carbocycles. The Hall–Kier alpha value is -2.28. The number of carbonyl (C=O) groups is 1. The van der Waals surface area contributed by atoms with Gasteiger partial charge in [-0.15, -0.1) is 0 Å². The normalized spacial score (nSPS) is 22.0. The van der Waals surface area contributed by atoms with Gasteiger partial charge in [-0.25, -0.2) is 4.39 Å². The maximum absolute atomic E-state index is 12.9. The van der Waals surface area contributed by atoms with Crippen LogP contribution in [0.3, 0.4) is 0 Å². The zero-order valence-electron chi connectivity index (χ0n) is 12.4. The molecule has 6 nitrogen and oxygen atoms in total. The summed E-state index contributed by atoms with van der Waals surface area (Å²) >= 11 is 0. The van der Waals surface area contributed by atoms with Crippen LogP contribution in [0.2, 0.25) is 0 Å². The molecule has 22 heavy (non-hydrogen) atoms. The van der Waals surface area contributed by atoms with Crippen LogP contribution in [-0.2, 0) is 0 Å². The average molecular weight is 304 g/mol. The van der Waals surface area contributed by atoms with Gasteiger partial charge < -0.3 is 9.84 Å². The fourth-order valence-corrected chi connectivity index (χ4v) is 2.71. The Balaban J connectivity index is 1.64. The first kappa shape index (κ1) is 14.6. The van der Waals surface area contributed by atoms with Gasteiger partial charge in [-0.2, -0.15) is 4.98 Å². The van der Waals surface area contributed by atoms with Crippen LogP contribution in [0.15, 0.2) is 28.8 Å². The van der Waals surface area contributed by atoms with Crippen molar-refractivity contribution in [1.82, 2.24) is 20.4 Å². The van der Waals surface area contributed by atoms with Crippen LogP contribution in [0, 0.1) is 12.7 Å². The third kappa shape index (κ3) is 2.99. The molecule has 0 bridgehead atoms. The fourth-order valence-electron chi connectivity index (χ4n) is 2.71.